The zero-order chi connectivity index (χ0) is 13.1. The normalized spacial score (nSPS) is 10.1. The van der Waals surface area contributed by atoms with Crippen molar-refractivity contribution in [3.63, 3.8) is 0 Å². The van der Waals surface area contributed by atoms with Crippen LogP contribution in [0.4, 0.5) is 11.4 Å². The number of anilines is 2. The maximum Gasteiger partial charge on any atom is 0.257 e. The number of benzene rings is 1. The highest BCUT2D eigenvalue weighted by molar-refractivity contribution is 9.10. The van der Waals surface area contributed by atoms with E-state index in [1.165, 1.54) is 12.4 Å². The lowest BCUT2D eigenvalue weighted by molar-refractivity contribution is 0.102. The van der Waals surface area contributed by atoms with E-state index in [1.807, 2.05) is 25.1 Å². The van der Waals surface area contributed by atoms with Crippen molar-refractivity contribution in [1.29, 1.82) is 0 Å². The number of aryl methyl sites for hydroxylation is 1. The lowest BCUT2D eigenvalue weighted by Crippen LogP contribution is -2.12. The van der Waals surface area contributed by atoms with E-state index < -0.39 is 0 Å². The Labute approximate surface area is 113 Å². The number of amides is 1. The number of nitrogens with one attached hydrogen (secondary N) is 1. The number of carbonyl (C=O) groups excluding carboxylic acids is 1. The van der Waals surface area contributed by atoms with Crippen LogP contribution in [0.2, 0.25) is 0 Å². The summed E-state index contributed by atoms with van der Waals surface area (Å²) in [4.78, 5) is 15.8. The molecule has 0 bridgehead atoms. The van der Waals surface area contributed by atoms with Gasteiger partial charge in [0.05, 0.1) is 11.3 Å². The fourth-order valence-electron chi connectivity index (χ4n) is 1.51. The first-order valence-electron chi connectivity index (χ1n) is 5.34. The van der Waals surface area contributed by atoms with Crippen LogP contribution in [0.1, 0.15) is 15.9 Å². The van der Waals surface area contributed by atoms with Crippen LogP contribution >= 0.6 is 15.9 Å². The smallest absolute Gasteiger partial charge is 0.257 e. The molecule has 0 radical (unpaired) electrons. The number of rotatable bonds is 2. The molecule has 0 atom stereocenters. The Morgan fingerprint density at radius 2 is 2.11 bits per heavy atom. The summed E-state index contributed by atoms with van der Waals surface area (Å²) >= 11 is 3.41. The van der Waals surface area contributed by atoms with Crippen molar-refractivity contribution in [2.45, 2.75) is 6.92 Å². The fraction of sp³-hybridized carbons (Fsp3) is 0.0769. The van der Waals surface area contributed by atoms with Crippen LogP contribution in [0.25, 0.3) is 0 Å². The highest BCUT2D eigenvalue weighted by atomic mass is 79.9. The van der Waals surface area contributed by atoms with Gasteiger partial charge in [-0.1, -0.05) is 15.9 Å². The zero-order valence-electron chi connectivity index (χ0n) is 9.77. The average Bonchev–Trinajstić information content (AvgIpc) is 2.34. The summed E-state index contributed by atoms with van der Waals surface area (Å²) in [6.07, 6.45) is 2.98. The predicted octanol–water partition coefficient (Wildman–Crippen LogP) is 2.99. The molecular formula is C13H12BrN3O. The number of nitrogens with zero attached hydrogens (tertiary/aromatic N) is 1. The molecule has 3 N–H and O–H groups in total. The number of hydrogen-bond donors (Lipinski definition) is 2. The molecule has 4 nitrogen and oxygen atoms in total. The van der Waals surface area contributed by atoms with Gasteiger partial charge in [-0.3, -0.25) is 9.78 Å². The largest absolute Gasteiger partial charge is 0.397 e. The monoisotopic (exact) mass is 305 g/mol. The van der Waals surface area contributed by atoms with Crippen LogP contribution < -0.4 is 11.1 Å². The summed E-state index contributed by atoms with van der Waals surface area (Å²) in [6.45, 7) is 1.96. The minimum absolute atomic E-state index is 0.225. The van der Waals surface area contributed by atoms with Gasteiger partial charge < -0.3 is 11.1 Å². The van der Waals surface area contributed by atoms with E-state index in [0.717, 1.165) is 15.7 Å². The molecule has 2 aromatic rings. The first-order chi connectivity index (χ1) is 8.56. The van der Waals surface area contributed by atoms with E-state index in [0.29, 0.717) is 11.3 Å². The molecule has 0 aliphatic carbocycles. The molecular weight excluding hydrogens is 294 g/mol. The Morgan fingerprint density at radius 3 is 2.78 bits per heavy atom. The molecule has 1 amide bonds. The zero-order valence-corrected chi connectivity index (χ0v) is 11.4. The van der Waals surface area contributed by atoms with Crippen molar-refractivity contribution in [3.8, 4) is 0 Å². The van der Waals surface area contributed by atoms with Crippen molar-refractivity contribution in [3.05, 3.63) is 52.3 Å². The predicted molar refractivity (Wildman–Crippen MR) is 75.5 cm³/mol. The molecule has 1 heterocycles. The molecule has 5 heteroatoms. The summed E-state index contributed by atoms with van der Waals surface area (Å²) in [5, 5.41) is 2.80. The van der Waals surface area contributed by atoms with Gasteiger partial charge in [0, 0.05) is 22.6 Å². The summed E-state index contributed by atoms with van der Waals surface area (Å²) < 4.78 is 1.01. The molecule has 18 heavy (non-hydrogen) atoms. The van der Waals surface area contributed by atoms with E-state index in [2.05, 4.69) is 26.2 Å². The molecule has 2 rings (SSSR count). The van der Waals surface area contributed by atoms with Gasteiger partial charge in [-0.15, -0.1) is 0 Å². The maximum absolute atomic E-state index is 11.9. The SMILES string of the molecule is Cc1cc(NC(=O)c2cncc(N)c2)ccc1Br. The summed E-state index contributed by atoms with van der Waals surface area (Å²) in [5.41, 5.74) is 8.29. The topological polar surface area (TPSA) is 68.0 Å². The van der Waals surface area contributed by atoms with Crippen LogP contribution in [-0.4, -0.2) is 10.9 Å². The quantitative estimate of drug-likeness (QED) is 0.896. The molecule has 0 aliphatic heterocycles. The van der Waals surface area contributed by atoms with Crippen LogP contribution in [0.3, 0.4) is 0 Å². The van der Waals surface area contributed by atoms with Crippen molar-refractivity contribution >= 4 is 33.2 Å². The molecule has 1 aromatic heterocycles. The second-order valence-corrected chi connectivity index (χ2v) is 4.78. The highest BCUT2D eigenvalue weighted by Gasteiger charge is 2.07. The van der Waals surface area contributed by atoms with E-state index in [9.17, 15) is 4.79 Å². The van der Waals surface area contributed by atoms with Gasteiger partial charge in [-0.05, 0) is 36.8 Å². The molecule has 92 valence electrons. The summed E-state index contributed by atoms with van der Waals surface area (Å²) in [7, 11) is 0. The van der Waals surface area contributed by atoms with Crippen molar-refractivity contribution in [2.75, 3.05) is 11.1 Å². The Kier molecular flexibility index (Phi) is 3.62. The van der Waals surface area contributed by atoms with E-state index >= 15 is 0 Å². The first kappa shape index (κ1) is 12.6. The number of halogens is 1. The standard InChI is InChI=1S/C13H12BrN3O/c1-8-4-11(2-3-12(8)14)17-13(18)9-5-10(15)7-16-6-9/h2-7H,15H2,1H3,(H,17,18). The number of nitrogens with two attached hydrogens (primary N) is 1. The Bertz CT molecular complexity index is 599. The molecule has 0 fully saturated rings. The van der Waals surface area contributed by atoms with E-state index in [4.69, 9.17) is 5.73 Å². The van der Waals surface area contributed by atoms with Gasteiger partial charge in [-0.2, -0.15) is 0 Å². The lowest BCUT2D eigenvalue weighted by Gasteiger charge is -2.07. The Hall–Kier alpha value is -1.88. The number of hydrogen-bond acceptors (Lipinski definition) is 3. The number of aromatic nitrogens is 1. The van der Waals surface area contributed by atoms with Gasteiger partial charge in [0.25, 0.3) is 5.91 Å². The van der Waals surface area contributed by atoms with Crippen LogP contribution in [0.5, 0.6) is 0 Å². The third kappa shape index (κ3) is 2.87. The van der Waals surface area contributed by atoms with E-state index in [-0.39, 0.29) is 5.91 Å². The second kappa shape index (κ2) is 5.18. The third-order valence-electron chi connectivity index (χ3n) is 2.44. The first-order valence-corrected chi connectivity index (χ1v) is 6.13. The van der Waals surface area contributed by atoms with Gasteiger partial charge in [-0.25, -0.2) is 0 Å². The van der Waals surface area contributed by atoms with Crippen LogP contribution in [0.15, 0.2) is 41.1 Å². The van der Waals surface area contributed by atoms with Crippen molar-refractivity contribution < 1.29 is 4.79 Å². The molecule has 0 saturated heterocycles. The Balaban J connectivity index is 2.18. The number of carbonyl (C=O) groups is 1. The summed E-state index contributed by atoms with van der Waals surface area (Å²) in [6, 6.07) is 7.20. The lowest BCUT2D eigenvalue weighted by atomic mass is 10.2. The van der Waals surface area contributed by atoms with Crippen molar-refractivity contribution in [2.24, 2.45) is 0 Å². The highest BCUT2D eigenvalue weighted by Crippen LogP contribution is 2.20. The van der Waals surface area contributed by atoms with Crippen molar-refractivity contribution in [1.82, 2.24) is 4.98 Å². The van der Waals surface area contributed by atoms with Crippen LogP contribution in [-0.2, 0) is 0 Å². The molecule has 0 aliphatic rings. The molecule has 0 unspecified atom stereocenters. The minimum Gasteiger partial charge on any atom is -0.397 e. The Morgan fingerprint density at radius 1 is 1.33 bits per heavy atom. The van der Waals surface area contributed by atoms with Gasteiger partial charge >= 0.3 is 0 Å². The van der Waals surface area contributed by atoms with Gasteiger partial charge in [0.1, 0.15) is 0 Å². The van der Waals surface area contributed by atoms with E-state index in [1.54, 1.807) is 6.07 Å². The minimum atomic E-state index is -0.225. The summed E-state index contributed by atoms with van der Waals surface area (Å²) in [5.74, 6) is -0.225. The third-order valence-corrected chi connectivity index (χ3v) is 3.33. The number of pyridine rings is 1. The fourth-order valence-corrected chi connectivity index (χ4v) is 1.75. The van der Waals surface area contributed by atoms with Gasteiger partial charge in [0.2, 0.25) is 0 Å². The average molecular weight is 306 g/mol. The molecule has 1 aromatic carbocycles. The van der Waals surface area contributed by atoms with Gasteiger partial charge in [0.15, 0.2) is 0 Å². The maximum atomic E-state index is 11.9. The second-order valence-electron chi connectivity index (χ2n) is 3.93. The van der Waals surface area contributed by atoms with Crippen LogP contribution in [0, 0.1) is 6.92 Å². The number of nitrogen functional groups attached to an aromatic ring is 1. The molecule has 0 saturated carbocycles. The molecule has 0 spiro atoms.